The summed E-state index contributed by atoms with van der Waals surface area (Å²) < 4.78 is 42.3. The molecule has 132 valence electrons. The number of hydrogen-bond donors (Lipinski definition) is 0. The van der Waals surface area contributed by atoms with Crippen LogP contribution in [-0.4, -0.2) is 27.8 Å². The number of nitrogens with zero attached hydrogens (tertiary/aromatic N) is 3. The highest BCUT2D eigenvalue weighted by Crippen LogP contribution is 2.17. The van der Waals surface area contributed by atoms with Gasteiger partial charge in [0.25, 0.3) is 5.56 Å². The van der Waals surface area contributed by atoms with Crippen molar-refractivity contribution in [1.29, 1.82) is 0 Å². The van der Waals surface area contributed by atoms with Crippen molar-refractivity contribution in [3.63, 3.8) is 0 Å². The lowest BCUT2D eigenvalue weighted by atomic mass is 10.1. The van der Waals surface area contributed by atoms with Gasteiger partial charge in [0, 0.05) is 30.9 Å². The monoisotopic (exact) mass is 356 g/mol. The molecule has 0 N–H and O–H groups in total. The molecule has 0 atom stereocenters. The molecule has 0 fully saturated rings. The molecule has 2 aromatic heterocycles. The molecule has 0 radical (unpaired) electrons. The van der Waals surface area contributed by atoms with Crippen LogP contribution in [0.2, 0.25) is 0 Å². The smallest absolute Gasteiger partial charge is 0.386 e. The van der Waals surface area contributed by atoms with Crippen LogP contribution in [-0.2, 0) is 27.9 Å². The molecule has 0 saturated heterocycles. The van der Waals surface area contributed by atoms with Gasteiger partial charge in [-0.2, -0.15) is 13.2 Å². The molecule has 2 aromatic rings. The van der Waals surface area contributed by atoms with Crippen LogP contribution in [0.4, 0.5) is 13.2 Å². The Morgan fingerprint density at radius 2 is 2.00 bits per heavy atom. The minimum atomic E-state index is -5.21. The van der Waals surface area contributed by atoms with E-state index >= 15 is 0 Å². The highest BCUT2D eigenvalue weighted by molar-refractivity contribution is 5.88. The third kappa shape index (κ3) is 4.96. The maximum absolute atomic E-state index is 12.0. The Hall–Kier alpha value is -3.04. The molecule has 0 aliphatic carbocycles. The molecule has 10 heteroatoms. The van der Waals surface area contributed by atoms with E-state index in [9.17, 15) is 27.6 Å². The third-order valence-electron chi connectivity index (χ3n) is 3.19. The molecule has 0 spiro atoms. The van der Waals surface area contributed by atoms with Crippen LogP contribution in [0, 0.1) is 0 Å². The number of carbonyl (C=O) groups excluding carboxylic acids is 2. The largest absolute Gasteiger partial charge is 0.491 e. The van der Waals surface area contributed by atoms with Gasteiger partial charge in [0.2, 0.25) is 0 Å². The predicted molar refractivity (Wildman–Crippen MR) is 76.9 cm³/mol. The topological polar surface area (TPSA) is 82.1 Å². The second-order valence-electron chi connectivity index (χ2n) is 5.05. The van der Waals surface area contributed by atoms with Gasteiger partial charge in [-0.15, -0.1) is 0 Å². The summed E-state index contributed by atoms with van der Waals surface area (Å²) in [7, 11) is 1.62. The summed E-state index contributed by atoms with van der Waals surface area (Å²) in [6.07, 6.45) is -1.13. The summed E-state index contributed by atoms with van der Waals surface area (Å²) >= 11 is 0. The first-order chi connectivity index (χ1) is 11.7. The maximum Gasteiger partial charge on any atom is 0.491 e. The minimum absolute atomic E-state index is 0.0686. The van der Waals surface area contributed by atoms with E-state index in [2.05, 4.69) is 9.84 Å². The molecule has 0 amide bonds. The third-order valence-corrected chi connectivity index (χ3v) is 3.19. The summed E-state index contributed by atoms with van der Waals surface area (Å²) in [6.45, 7) is -0.0686. The summed E-state index contributed by atoms with van der Waals surface area (Å²) in [6, 6.07) is 4.79. The van der Waals surface area contributed by atoms with Crippen molar-refractivity contribution < 1.29 is 32.2 Å². The van der Waals surface area contributed by atoms with E-state index < -0.39 is 24.5 Å². The van der Waals surface area contributed by atoms with Crippen LogP contribution >= 0.6 is 0 Å². The Morgan fingerprint density at radius 1 is 1.28 bits per heavy atom. The zero-order valence-corrected chi connectivity index (χ0v) is 13.0. The van der Waals surface area contributed by atoms with Crippen LogP contribution in [0.25, 0.3) is 11.1 Å². The zero-order chi connectivity index (χ0) is 18.6. The Morgan fingerprint density at radius 3 is 2.56 bits per heavy atom. The number of pyridine rings is 1. The molecule has 0 saturated carbocycles. The van der Waals surface area contributed by atoms with Gasteiger partial charge in [-0.25, -0.2) is 4.79 Å². The van der Waals surface area contributed by atoms with Gasteiger partial charge in [-0.3, -0.25) is 9.59 Å². The maximum atomic E-state index is 12.0. The first-order valence-corrected chi connectivity index (χ1v) is 7.01. The summed E-state index contributed by atoms with van der Waals surface area (Å²) in [5.74, 6) is -3.84. The highest BCUT2D eigenvalue weighted by atomic mass is 19.4. The molecule has 0 aliphatic rings. The fraction of sp³-hybridized carbons (Fsp3) is 0.267. The summed E-state index contributed by atoms with van der Waals surface area (Å²) in [5.41, 5.74) is 1.12. The molecule has 2 rings (SSSR count). The van der Waals surface area contributed by atoms with Crippen LogP contribution < -0.4 is 10.2 Å². The molecule has 0 aliphatic heterocycles. The minimum Gasteiger partial charge on any atom is -0.386 e. The molecule has 2 heterocycles. The van der Waals surface area contributed by atoms with Crippen molar-refractivity contribution in [2.75, 3.05) is 0 Å². The van der Waals surface area contributed by atoms with Gasteiger partial charge in [0.05, 0.1) is 0 Å². The number of halogens is 3. The number of hydrogen-bond acceptors (Lipinski definition) is 5. The van der Waals surface area contributed by atoms with Gasteiger partial charge in [0.15, 0.2) is 12.7 Å². The second-order valence-corrected chi connectivity index (χ2v) is 5.05. The van der Waals surface area contributed by atoms with Gasteiger partial charge in [0.1, 0.15) is 12.6 Å². The molecular weight excluding hydrogens is 343 g/mol. The number of carbonyl (C=O) groups is 2. The van der Waals surface area contributed by atoms with E-state index in [1.54, 1.807) is 25.4 Å². The molecule has 0 bridgehead atoms. The van der Waals surface area contributed by atoms with Crippen molar-refractivity contribution in [3.8, 4) is 11.1 Å². The van der Waals surface area contributed by atoms with Gasteiger partial charge in [-0.1, -0.05) is 4.68 Å². The highest BCUT2D eigenvalue weighted by Gasteiger charge is 2.42. The Labute approximate surface area is 139 Å². The van der Waals surface area contributed by atoms with Crippen molar-refractivity contribution >= 4 is 11.9 Å². The van der Waals surface area contributed by atoms with E-state index in [-0.39, 0.29) is 12.1 Å². The van der Waals surface area contributed by atoms with Gasteiger partial charge in [-0.05, 0) is 16.7 Å². The Kier molecular flexibility index (Phi) is 5.30. The average Bonchev–Trinajstić information content (AvgIpc) is 2.55. The fourth-order valence-electron chi connectivity index (χ4n) is 1.83. The zero-order valence-electron chi connectivity index (χ0n) is 13.0. The standard InChI is InChI=1S/C15H13F3N3O4/c1-20-5-2-10(8-12(20)22)11-3-6-21(19-9-11)7-4-13(23)25-14(24)15(16,17)18/h2-3,5-6,8-9H,4,7H2,1H3/q+1. The summed E-state index contributed by atoms with van der Waals surface area (Å²) in [5, 5.41) is 4.00. The lowest BCUT2D eigenvalue weighted by molar-refractivity contribution is -0.752. The van der Waals surface area contributed by atoms with Crippen molar-refractivity contribution in [2.45, 2.75) is 19.1 Å². The number of esters is 2. The molecule has 7 nitrogen and oxygen atoms in total. The van der Waals surface area contributed by atoms with Crippen LogP contribution in [0.1, 0.15) is 6.42 Å². The van der Waals surface area contributed by atoms with E-state index in [4.69, 9.17) is 0 Å². The molecule has 0 unspecified atom stereocenters. The van der Waals surface area contributed by atoms with Gasteiger partial charge < -0.3 is 9.30 Å². The first-order valence-electron chi connectivity index (χ1n) is 7.01. The number of rotatable bonds is 4. The molecule has 25 heavy (non-hydrogen) atoms. The van der Waals surface area contributed by atoms with E-state index in [0.717, 1.165) is 0 Å². The van der Waals surface area contributed by atoms with Gasteiger partial charge >= 0.3 is 18.1 Å². The Bertz CT molecular complexity index is 844. The van der Waals surface area contributed by atoms with Crippen molar-refractivity contribution in [3.05, 3.63) is 47.1 Å². The second kappa shape index (κ2) is 7.24. The van der Waals surface area contributed by atoms with E-state index in [1.165, 1.54) is 27.7 Å². The predicted octanol–water partition coefficient (Wildman–Crippen LogP) is 0.757. The number of aryl methyl sites for hydroxylation is 2. The van der Waals surface area contributed by atoms with E-state index in [0.29, 0.717) is 11.1 Å². The van der Waals surface area contributed by atoms with Crippen LogP contribution in [0.5, 0.6) is 0 Å². The number of alkyl halides is 3. The SMILES string of the molecule is Cn1ccc(-c2cc[n+](CCC(=O)OC(=O)C(F)(F)F)nc2)cc1=O. The normalized spacial score (nSPS) is 11.2. The quantitative estimate of drug-likeness (QED) is 0.459. The number of ether oxygens (including phenoxy) is 1. The van der Waals surface area contributed by atoms with Crippen LogP contribution in [0.15, 0.2) is 41.6 Å². The lowest BCUT2D eigenvalue weighted by Gasteiger charge is -2.04. The first kappa shape index (κ1) is 18.3. The lowest BCUT2D eigenvalue weighted by Crippen LogP contribution is -2.39. The van der Waals surface area contributed by atoms with E-state index in [1.807, 2.05) is 0 Å². The number of aromatic nitrogens is 3. The van der Waals surface area contributed by atoms with Crippen molar-refractivity contribution in [2.24, 2.45) is 7.05 Å². The summed E-state index contributed by atoms with van der Waals surface area (Å²) in [4.78, 5) is 33.3. The molecule has 0 aromatic carbocycles. The van der Waals surface area contributed by atoms with Crippen molar-refractivity contribution in [1.82, 2.24) is 9.67 Å². The average molecular weight is 356 g/mol. The fourth-order valence-corrected chi connectivity index (χ4v) is 1.83. The molecular formula is C15H13F3N3O4+. The van der Waals surface area contributed by atoms with Crippen LogP contribution in [0.3, 0.4) is 0 Å². The Balaban J connectivity index is 1.96.